The summed E-state index contributed by atoms with van der Waals surface area (Å²) < 4.78 is 48.0. The number of hydrogen-bond donors (Lipinski definition) is 1. The van der Waals surface area contributed by atoms with E-state index in [1.54, 1.807) is 16.2 Å². The highest BCUT2D eigenvalue weighted by Crippen LogP contribution is 2.35. The van der Waals surface area contributed by atoms with E-state index in [1.807, 2.05) is 18.4 Å². The molecule has 0 spiro atoms. The molecule has 0 bridgehead atoms. The molecule has 1 atom stereocenters. The largest absolute Gasteiger partial charge is 0.341 e. The number of fused-ring (bicyclic) bond motifs is 1. The highest BCUT2D eigenvalue weighted by atomic mass is 32.2. The minimum atomic E-state index is -4.64. The van der Waals surface area contributed by atoms with Crippen molar-refractivity contribution in [3.63, 3.8) is 0 Å². The number of benzene rings is 1. The fourth-order valence-corrected chi connectivity index (χ4v) is 4.76. The highest BCUT2D eigenvalue weighted by molar-refractivity contribution is 7.91. The lowest BCUT2D eigenvalue weighted by atomic mass is 9.98. The number of halogens is 2. The van der Waals surface area contributed by atoms with Gasteiger partial charge >= 0.3 is 11.8 Å². The van der Waals surface area contributed by atoms with Gasteiger partial charge in [-0.3, -0.25) is 0 Å². The predicted molar refractivity (Wildman–Crippen MR) is 96.4 cm³/mol. The van der Waals surface area contributed by atoms with Crippen LogP contribution in [0.2, 0.25) is 0 Å². The van der Waals surface area contributed by atoms with Gasteiger partial charge in [-0.05, 0) is 54.1 Å². The van der Waals surface area contributed by atoms with Crippen LogP contribution in [-0.2, 0) is 16.3 Å². The summed E-state index contributed by atoms with van der Waals surface area (Å²) in [5, 5.41) is 4.74. The van der Waals surface area contributed by atoms with Gasteiger partial charge in [0.25, 0.3) is 0 Å². The van der Waals surface area contributed by atoms with Gasteiger partial charge in [0.05, 0.1) is 10.9 Å². The van der Waals surface area contributed by atoms with Gasteiger partial charge in [-0.2, -0.15) is 8.78 Å². The Hall–Kier alpha value is -2.00. The Morgan fingerprint density at radius 2 is 2.00 bits per heavy atom. The summed E-state index contributed by atoms with van der Waals surface area (Å²) in [4.78, 5) is 15.2. The SMILES string of the molecule is CC[C@@H]1c2ccsc2CCN1C(=O)Nc1ccc(S(=O)(=O)C(F)F)cc1. The molecule has 2 heterocycles. The van der Waals surface area contributed by atoms with Crippen molar-refractivity contribution in [3.8, 4) is 0 Å². The number of alkyl halides is 2. The first-order valence-corrected chi connectivity index (χ1v) is 10.5. The second-order valence-electron chi connectivity index (χ2n) is 5.93. The fraction of sp³-hybridized carbons (Fsp3) is 0.353. The maximum absolute atomic E-state index is 12.6. The van der Waals surface area contributed by atoms with Gasteiger partial charge in [0.2, 0.25) is 9.84 Å². The van der Waals surface area contributed by atoms with E-state index in [2.05, 4.69) is 5.32 Å². The number of urea groups is 1. The first kappa shape index (κ1) is 18.8. The van der Waals surface area contributed by atoms with Crippen molar-refractivity contribution in [2.45, 2.75) is 36.5 Å². The predicted octanol–water partition coefficient (Wildman–Crippen LogP) is 4.29. The Morgan fingerprint density at radius 3 is 2.62 bits per heavy atom. The van der Waals surface area contributed by atoms with E-state index in [0.717, 1.165) is 30.5 Å². The van der Waals surface area contributed by atoms with Crippen molar-refractivity contribution in [1.29, 1.82) is 0 Å². The lowest BCUT2D eigenvalue weighted by molar-refractivity contribution is 0.181. The number of nitrogens with zero attached hydrogens (tertiary/aromatic N) is 1. The minimum Gasteiger partial charge on any atom is -0.317 e. The summed E-state index contributed by atoms with van der Waals surface area (Å²) in [6.45, 7) is 2.61. The number of thiophene rings is 1. The van der Waals surface area contributed by atoms with Crippen LogP contribution in [0, 0.1) is 0 Å². The molecule has 0 fully saturated rings. The molecule has 3 rings (SSSR count). The molecule has 0 unspecified atom stereocenters. The number of rotatable bonds is 4. The summed E-state index contributed by atoms with van der Waals surface area (Å²) in [6.07, 6.45) is 1.57. The van der Waals surface area contributed by atoms with Crippen molar-refractivity contribution in [1.82, 2.24) is 4.90 Å². The van der Waals surface area contributed by atoms with Crippen molar-refractivity contribution < 1.29 is 22.0 Å². The van der Waals surface area contributed by atoms with Gasteiger partial charge in [-0.15, -0.1) is 11.3 Å². The number of hydrogen-bond acceptors (Lipinski definition) is 4. The van der Waals surface area contributed by atoms with Gasteiger partial charge in [0.1, 0.15) is 0 Å². The molecular formula is C17H18F2N2O3S2. The van der Waals surface area contributed by atoms with Gasteiger partial charge in [0.15, 0.2) is 0 Å². The standard InChI is InChI=1S/C17H18F2N2O3S2/c1-2-14-13-8-10-25-15(13)7-9-21(14)17(22)20-11-3-5-12(6-4-11)26(23,24)16(18)19/h3-6,8,10,14,16H,2,7,9H2,1H3,(H,20,22)/t14-/m1/s1. The summed E-state index contributed by atoms with van der Waals surface area (Å²) in [5.41, 5.74) is 1.52. The molecule has 0 saturated heterocycles. The topological polar surface area (TPSA) is 66.5 Å². The Bertz CT molecular complexity index is 895. The second-order valence-corrected chi connectivity index (χ2v) is 8.85. The second kappa shape index (κ2) is 7.32. The molecule has 0 saturated carbocycles. The number of nitrogens with one attached hydrogen (secondary N) is 1. The Balaban J connectivity index is 1.74. The van der Waals surface area contributed by atoms with Gasteiger partial charge < -0.3 is 10.2 Å². The smallest absolute Gasteiger partial charge is 0.317 e. The van der Waals surface area contributed by atoms with E-state index < -0.39 is 20.5 Å². The third kappa shape index (κ3) is 3.45. The maximum atomic E-state index is 12.6. The van der Waals surface area contributed by atoms with E-state index in [4.69, 9.17) is 0 Å². The average molecular weight is 400 g/mol. The monoisotopic (exact) mass is 400 g/mol. The quantitative estimate of drug-likeness (QED) is 0.833. The van der Waals surface area contributed by atoms with Crippen LogP contribution < -0.4 is 5.32 Å². The first-order valence-electron chi connectivity index (χ1n) is 8.10. The summed E-state index contributed by atoms with van der Waals surface area (Å²) in [5.74, 6) is -3.47. The Labute approximate surface area is 154 Å². The molecule has 9 heteroatoms. The van der Waals surface area contributed by atoms with Crippen molar-refractivity contribution >= 4 is 32.9 Å². The van der Waals surface area contributed by atoms with Crippen LogP contribution in [0.1, 0.15) is 29.8 Å². The summed E-state index contributed by atoms with van der Waals surface area (Å²) in [6, 6.07) is 6.50. The molecular weight excluding hydrogens is 382 g/mol. The number of amides is 2. The summed E-state index contributed by atoms with van der Waals surface area (Å²) in [7, 11) is -4.64. The molecule has 26 heavy (non-hydrogen) atoms. The molecule has 1 aromatic heterocycles. The van der Waals surface area contributed by atoms with Crippen LogP contribution in [0.15, 0.2) is 40.6 Å². The zero-order valence-electron chi connectivity index (χ0n) is 14.0. The molecule has 2 aromatic rings. The van der Waals surface area contributed by atoms with E-state index in [9.17, 15) is 22.0 Å². The van der Waals surface area contributed by atoms with Crippen molar-refractivity contribution in [2.75, 3.05) is 11.9 Å². The number of anilines is 1. The third-order valence-electron chi connectivity index (χ3n) is 4.41. The lowest BCUT2D eigenvalue weighted by Gasteiger charge is -2.35. The van der Waals surface area contributed by atoms with Crippen LogP contribution in [0.5, 0.6) is 0 Å². The molecule has 0 radical (unpaired) electrons. The summed E-state index contributed by atoms with van der Waals surface area (Å²) >= 11 is 1.69. The van der Waals surface area contributed by atoms with E-state index in [-0.39, 0.29) is 12.1 Å². The van der Waals surface area contributed by atoms with Crippen molar-refractivity contribution in [2.24, 2.45) is 0 Å². The van der Waals surface area contributed by atoms with Crippen LogP contribution in [0.25, 0.3) is 0 Å². The zero-order valence-corrected chi connectivity index (χ0v) is 15.6. The zero-order chi connectivity index (χ0) is 18.9. The van der Waals surface area contributed by atoms with Crippen LogP contribution in [0.4, 0.5) is 19.3 Å². The highest BCUT2D eigenvalue weighted by Gasteiger charge is 2.30. The normalized spacial score (nSPS) is 17.2. The number of carbonyl (C=O) groups is 1. The molecule has 1 N–H and O–H groups in total. The lowest BCUT2D eigenvalue weighted by Crippen LogP contribution is -2.41. The minimum absolute atomic E-state index is 0.0107. The van der Waals surface area contributed by atoms with E-state index in [0.29, 0.717) is 12.2 Å². The molecule has 140 valence electrons. The third-order valence-corrected chi connectivity index (χ3v) is 6.81. The van der Waals surface area contributed by atoms with Gasteiger partial charge in [-0.1, -0.05) is 6.92 Å². The van der Waals surface area contributed by atoms with Crippen LogP contribution in [0.3, 0.4) is 0 Å². The van der Waals surface area contributed by atoms with E-state index >= 15 is 0 Å². The number of sulfone groups is 1. The molecule has 2 amide bonds. The average Bonchev–Trinajstić information content (AvgIpc) is 3.09. The van der Waals surface area contributed by atoms with Crippen LogP contribution in [-0.4, -0.2) is 31.7 Å². The molecule has 1 aliphatic rings. The molecule has 1 aliphatic heterocycles. The van der Waals surface area contributed by atoms with E-state index in [1.165, 1.54) is 17.0 Å². The first-order chi connectivity index (χ1) is 12.3. The fourth-order valence-electron chi connectivity index (χ4n) is 3.11. The molecule has 0 aliphatic carbocycles. The Kier molecular flexibility index (Phi) is 5.29. The molecule has 1 aromatic carbocycles. The van der Waals surface area contributed by atoms with Crippen molar-refractivity contribution in [3.05, 3.63) is 46.2 Å². The number of carbonyl (C=O) groups excluding carboxylic acids is 1. The molecule has 5 nitrogen and oxygen atoms in total. The Morgan fingerprint density at radius 1 is 1.31 bits per heavy atom. The van der Waals surface area contributed by atoms with Gasteiger partial charge in [-0.25, -0.2) is 13.2 Å². The van der Waals surface area contributed by atoms with Gasteiger partial charge in [0, 0.05) is 17.1 Å². The maximum Gasteiger partial charge on any atom is 0.341 e. The van der Waals surface area contributed by atoms with Crippen LogP contribution >= 0.6 is 11.3 Å².